The summed E-state index contributed by atoms with van der Waals surface area (Å²) >= 11 is 0. The van der Waals surface area contributed by atoms with Crippen molar-refractivity contribution >= 4 is 33.4 Å². The first-order chi connectivity index (χ1) is 15.9. The molecule has 0 aliphatic carbocycles. The Morgan fingerprint density at radius 1 is 1.09 bits per heavy atom. The summed E-state index contributed by atoms with van der Waals surface area (Å²) in [5, 5.41) is 11.6. The molecule has 0 saturated carbocycles. The highest BCUT2D eigenvalue weighted by Crippen LogP contribution is 2.40. The van der Waals surface area contributed by atoms with Crippen molar-refractivity contribution in [2.24, 2.45) is 4.99 Å². The number of aromatic nitrogens is 1. The average Bonchev–Trinajstić information content (AvgIpc) is 3.42. The maximum absolute atomic E-state index is 9.63. The second-order valence-corrected chi connectivity index (χ2v) is 8.03. The highest BCUT2D eigenvalue weighted by atomic mass is 16.5. The van der Waals surface area contributed by atoms with Gasteiger partial charge in [0.25, 0.3) is 0 Å². The van der Waals surface area contributed by atoms with Crippen LogP contribution < -0.4 is 4.74 Å². The van der Waals surface area contributed by atoms with Crippen molar-refractivity contribution in [3.63, 3.8) is 0 Å². The van der Waals surface area contributed by atoms with Crippen molar-refractivity contribution in [1.82, 2.24) is 4.98 Å². The topological polar surface area (TPSA) is 78.7 Å². The number of allylic oxidation sites excluding steroid dienone is 2. The zero-order chi connectivity index (χ0) is 23.3. The number of hydrogen-bond acceptors (Lipinski definition) is 4. The van der Waals surface area contributed by atoms with Crippen LogP contribution in [-0.4, -0.2) is 10.7 Å². The number of benzene rings is 2. The summed E-state index contributed by atoms with van der Waals surface area (Å²) in [5.41, 5.74) is 6.61. The van der Waals surface area contributed by atoms with Gasteiger partial charge in [0.15, 0.2) is 17.1 Å². The van der Waals surface area contributed by atoms with Gasteiger partial charge in [0.05, 0.1) is 23.5 Å². The summed E-state index contributed by atoms with van der Waals surface area (Å²) in [4.78, 5) is 11.6. The Morgan fingerprint density at radius 2 is 1.85 bits per heavy atom. The fourth-order valence-corrected chi connectivity index (χ4v) is 4.35. The number of aromatic amines is 1. The molecule has 0 radical (unpaired) electrons. The van der Waals surface area contributed by atoms with Gasteiger partial charge < -0.3 is 14.1 Å². The smallest absolute Gasteiger partial charge is 0.213 e. The van der Waals surface area contributed by atoms with Crippen molar-refractivity contribution in [1.29, 1.82) is 5.26 Å². The lowest BCUT2D eigenvalue weighted by molar-refractivity contribution is 0.499. The highest BCUT2D eigenvalue weighted by Gasteiger charge is 2.27. The van der Waals surface area contributed by atoms with Crippen LogP contribution in [0.3, 0.4) is 0 Å². The zero-order valence-electron chi connectivity index (χ0n) is 18.7. The van der Waals surface area contributed by atoms with E-state index in [0.29, 0.717) is 45.5 Å². The number of ether oxygens (including phenoxy) is 1. The molecule has 6 heteroatoms. The number of aryl methyl sites for hydroxylation is 1. The molecule has 2 aromatic heterocycles. The normalized spacial score (nSPS) is 15.0. The lowest BCUT2D eigenvalue weighted by Gasteiger charge is -2.14. The number of nitrogens with zero attached hydrogens (tertiary/aromatic N) is 3. The predicted molar refractivity (Wildman–Crippen MR) is 129 cm³/mol. The molecule has 0 fully saturated rings. The minimum Gasteiger partial charge on any atom is -0.452 e. The number of para-hydroxylation sites is 2. The molecule has 0 atom stereocenters. The molecule has 5 rings (SSSR count). The second kappa shape index (κ2) is 7.55. The second-order valence-electron chi connectivity index (χ2n) is 8.03. The van der Waals surface area contributed by atoms with Gasteiger partial charge in [0, 0.05) is 22.2 Å². The van der Waals surface area contributed by atoms with Crippen LogP contribution in [0.15, 0.2) is 68.8 Å². The maximum Gasteiger partial charge on any atom is 0.213 e. The molecule has 0 bridgehead atoms. The molecule has 2 aromatic carbocycles. The summed E-state index contributed by atoms with van der Waals surface area (Å²) in [6.07, 6.45) is 0. The molecular weight excluding hydrogens is 412 g/mol. The lowest BCUT2D eigenvalue weighted by atomic mass is 10.1. The number of furan rings is 1. The Balaban J connectivity index is 1.78. The van der Waals surface area contributed by atoms with Crippen LogP contribution in [0.2, 0.25) is 0 Å². The van der Waals surface area contributed by atoms with Crippen LogP contribution in [0.4, 0.5) is 0 Å². The summed E-state index contributed by atoms with van der Waals surface area (Å²) in [7, 11) is 0. The molecular formula is C27H20N4O2. The predicted octanol–water partition coefficient (Wildman–Crippen LogP) is 6.82. The number of hydrogen-bond donors (Lipinski definition) is 1. The van der Waals surface area contributed by atoms with Gasteiger partial charge in [0.1, 0.15) is 11.7 Å². The monoisotopic (exact) mass is 432 g/mol. The van der Waals surface area contributed by atoms with Gasteiger partial charge in [-0.1, -0.05) is 30.3 Å². The first-order valence-electron chi connectivity index (χ1n) is 10.5. The van der Waals surface area contributed by atoms with E-state index in [2.05, 4.69) is 20.9 Å². The fraction of sp³-hybridized carbons (Fsp3) is 0.148. The summed E-state index contributed by atoms with van der Waals surface area (Å²) < 4.78 is 12.7. The molecule has 0 unspecified atom stereocenters. The van der Waals surface area contributed by atoms with E-state index in [9.17, 15) is 5.26 Å². The van der Waals surface area contributed by atoms with E-state index in [1.807, 2.05) is 70.2 Å². The van der Waals surface area contributed by atoms with Crippen LogP contribution in [0, 0.1) is 31.8 Å². The van der Waals surface area contributed by atoms with Crippen LogP contribution in [0.25, 0.3) is 32.5 Å². The van der Waals surface area contributed by atoms with Crippen molar-refractivity contribution in [2.75, 3.05) is 0 Å². The third-order valence-corrected chi connectivity index (χ3v) is 6.02. The number of nitrogens with one attached hydrogen (secondary N) is 1. The Labute approximate surface area is 190 Å². The van der Waals surface area contributed by atoms with Gasteiger partial charge in [-0.3, -0.25) is 4.99 Å². The molecule has 6 nitrogen and oxygen atoms in total. The molecule has 3 heterocycles. The Morgan fingerprint density at radius 3 is 2.55 bits per heavy atom. The van der Waals surface area contributed by atoms with Gasteiger partial charge >= 0.3 is 0 Å². The lowest BCUT2D eigenvalue weighted by Crippen LogP contribution is -2.02. The molecule has 33 heavy (non-hydrogen) atoms. The molecule has 4 aromatic rings. The summed E-state index contributed by atoms with van der Waals surface area (Å²) in [5.74, 6) is 0.994. The largest absolute Gasteiger partial charge is 0.452 e. The van der Waals surface area contributed by atoms with Crippen LogP contribution >= 0.6 is 0 Å². The highest BCUT2D eigenvalue weighted by molar-refractivity contribution is 6.07. The van der Waals surface area contributed by atoms with Crippen molar-refractivity contribution in [3.05, 3.63) is 93.4 Å². The minimum atomic E-state index is 0.459. The Hall–Kier alpha value is -4.55. The number of aliphatic imine (C=N–C) groups is 1. The van der Waals surface area contributed by atoms with Gasteiger partial charge in [-0.05, 0) is 51.0 Å². The number of rotatable bonds is 3. The molecule has 1 N–H and O–H groups in total. The molecule has 1 aliphatic heterocycles. The standard InChI is InChI=1S/C27H20N4O2/c1-14-20(13-28)16(3)30-24(14)27(25-15(2)23(29-5)17(4)31-25)33-22-12-8-10-19-18-9-6-7-11-21(18)32-26(19)22/h6-12,30H,1-4H3/b27-25+. The average molecular weight is 432 g/mol. The van der Waals surface area contributed by atoms with Gasteiger partial charge in [-0.25, -0.2) is 4.85 Å². The number of H-pyrrole nitrogens is 1. The number of nitriles is 1. The van der Waals surface area contributed by atoms with E-state index >= 15 is 0 Å². The molecule has 0 saturated heterocycles. The maximum atomic E-state index is 9.63. The third-order valence-electron chi connectivity index (χ3n) is 6.02. The number of fused-ring (bicyclic) bond motifs is 3. The van der Waals surface area contributed by atoms with Crippen LogP contribution in [0.1, 0.15) is 36.4 Å². The third kappa shape index (κ3) is 3.04. The van der Waals surface area contributed by atoms with E-state index in [4.69, 9.17) is 15.7 Å². The van der Waals surface area contributed by atoms with E-state index < -0.39 is 0 Å². The quantitative estimate of drug-likeness (QED) is 0.285. The summed E-state index contributed by atoms with van der Waals surface area (Å²) in [6, 6.07) is 15.9. The molecule has 0 spiro atoms. The van der Waals surface area contributed by atoms with Gasteiger partial charge in [-0.2, -0.15) is 5.26 Å². The first-order valence-corrected chi connectivity index (χ1v) is 10.5. The Kier molecular flexibility index (Phi) is 4.65. The SMILES string of the molecule is [C-]#[N+]C1=C(C)/C(=C(\Oc2cccc3c2oc2ccccc23)c2[nH]c(C)c(C#N)c2C)N=C1C. The Bertz CT molecular complexity index is 1650. The van der Waals surface area contributed by atoms with Crippen LogP contribution in [-0.2, 0) is 0 Å². The van der Waals surface area contributed by atoms with Crippen molar-refractivity contribution in [2.45, 2.75) is 27.7 Å². The van der Waals surface area contributed by atoms with E-state index in [0.717, 1.165) is 33.2 Å². The van der Waals surface area contributed by atoms with Crippen LogP contribution in [0.5, 0.6) is 5.75 Å². The van der Waals surface area contributed by atoms with Crippen molar-refractivity contribution in [3.8, 4) is 11.8 Å². The van der Waals surface area contributed by atoms with Gasteiger partial charge in [0.2, 0.25) is 5.70 Å². The fourth-order valence-electron chi connectivity index (χ4n) is 4.35. The molecule has 160 valence electrons. The van der Waals surface area contributed by atoms with Gasteiger partial charge in [-0.15, -0.1) is 0 Å². The zero-order valence-corrected chi connectivity index (χ0v) is 18.7. The molecule has 1 aliphatic rings. The summed E-state index contributed by atoms with van der Waals surface area (Å²) in [6.45, 7) is 15.0. The van der Waals surface area contributed by atoms with E-state index in [-0.39, 0.29) is 0 Å². The molecule has 0 amide bonds. The minimum absolute atomic E-state index is 0.459. The first kappa shape index (κ1) is 20.4. The van der Waals surface area contributed by atoms with Crippen molar-refractivity contribution < 1.29 is 9.15 Å². The van der Waals surface area contributed by atoms with E-state index in [1.54, 1.807) is 0 Å². The van der Waals surface area contributed by atoms with E-state index in [1.165, 1.54) is 0 Å².